The quantitative estimate of drug-likeness (QED) is 0.695. The topological polar surface area (TPSA) is 103 Å². The first kappa shape index (κ1) is 21.2. The Hall–Kier alpha value is -3.50. The summed E-state index contributed by atoms with van der Waals surface area (Å²) in [5.41, 5.74) is -3.52. The van der Waals surface area contributed by atoms with E-state index in [1.54, 1.807) is 20.8 Å². The Balaban J connectivity index is 2.05. The van der Waals surface area contributed by atoms with Crippen LogP contribution in [0.1, 0.15) is 47.3 Å². The lowest BCUT2D eigenvalue weighted by atomic mass is 10.0. The van der Waals surface area contributed by atoms with Crippen molar-refractivity contribution >= 4 is 5.91 Å². The number of hydrogen-bond donors (Lipinski definition) is 1. The number of para-hydroxylation sites is 1. The molecule has 1 amide bonds. The van der Waals surface area contributed by atoms with Crippen molar-refractivity contribution in [3.05, 3.63) is 69.2 Å². The van der Waals surface area contributed by atoms with Crippen LogP contribution in [-0.4, -0.2) is 25.8 Å². The van der Waals surface area contributed by atoms with Crippen LogP contribution in [-0.2, 0) is 11.7 Å². The molecular weight excluding hydrogens is 403 g/mol. The highest BCUT2D eigenvalue weighted by Gasteiger charge is 2.35. The van der Waals surface area contributed by atoms with E-state index in [1.807, 2.05) is 0 Å². The highest BCUT2D eigenvalue weighted by Crippen LogP contribution is 2.33. The van der Waals surface area contributed by atoms with Crippen LogP contribution in [0.3, 0.4) is 0 Å². The van der Waals surface area contributed by atoms with E-state index in [0.717, 1.165) is 16.8 Å². The Morgan fingerprint density at radius 2 is 1.83 bits per heavy atom. The molecule has 0 aliphatic heterocycles. The maximum Gasteiger partial charge on any atom is 0.418 e. The molecule has 0 bridgehead atoms. The number of amides is 1. The van der Waals surface area contributed by atoms with Crippen LogP contribution in [0.4, 0.5) is 13.2 Å². The molecule has 30 heavy (non-hydrogen) atoms. The van der Waals surface area contributed by atoms with E-state index >= 15 is 0 Å². The van der Waals surface area contributed by atoms with E-state index in [0.29, 0.717) is 0 Å². The van der Waals surface area contributed by atoms with E-state index in [9.17, 15) is 22.8 Å². The number of halogens is 3. The third-order valence-electron chi connectivity index (χ3n) is 4.27. The van der Waals surface area contributed by atoms with E-state index < -0.39 is 34.3 Å². The zero-order valence-electron chi connectivity index (χ0n) is 16.5. The lowest BCUT2D eigenvalue weighted by molar-refractivity contribution is -0.137. The molecule has 0 spiro atoms. The normalized spacial score (nSPS) is 12.1. The zero-order valence-corrected chi connectivity index (χ0v) is 16.5. The molecule has 3 rings (SSSR count). The van der Waals surface area contributed by atoms with Gasteiger partial charge < -0.3 is 9.84 Å². The number of hydrogen-bond acceptors (Lipinski definition) is 6. The van der Waals surface area contributed by atoms with Crippen molar-refractivity contribution in [1.82, 2.24) is 25.2 Å². The smallest absolute Gasteiger partial charge is 0.340 e. The molecule has 0 radical (unpaired) electrons. The van der Waals surface area contributed by atoms with Gasteiger partial charge in [-0.15, -0.1) is 0 Å². The summed E-state index contributed by atoms with van der Waals surface area (Å²) < 4.78 is 46.1. The van der Waals surface area contributed by atoms with Crippen LogP contribution < -0.4 is 10.7 Å². The number of rotatable bonds is 4. The van der Waals surface area contributed by atoms with Crippen LogP contribution in [0.5, 0.6) is 0 Å². The predicted octanol–water partition coefficient (Wildman–Crippen LogP) is 2.92. The van der Waals surface area contributed by atoms with Gasteiger partial charge >= 0.3 is 6.18 Å². The number of nitrogens with one attached hydrogen (secondary N) is 1. The zero-order chi connectivity index (χ0) is 22.3. The maximum atomic E-state index is 13.4. The Kier molecular flexibility index (Phi) is 5.23. The fourth-order valence-electron chi connectivity index (χ4n) is 2.80. The maximum absolute atomic E-state index is 13.4. The summed E-state index contributed by atoms with van der Waals surface area (Å²) in [6, 6.07) is 5.82. The molecule has 1 N–H and O–H groups in total. The van der Waals surface area contributed by atoms with Gasteiger partial charge in [0.25, 0.3) is 5.91 Å². The molecule has 1 aromatic carbocycles. The molecule has 0 atom stereocenters. The minimum absolute atomic E-state index is 0.140. The van der Waals surface area contributed by atoms with E-state index in [4.69, 9.17) is 4.52 Å². The fourth-order valence-corrected chi connectivity index (χ4v) is 2.80. The van der Waals surface area contributed by atoms with Crippen molar-refractivity contribution in [3.8, 4) is 5.69 Å². The number of carbonyl (C=O) groups is 1. The van der Waals surface area contributed by atoms with Gasteiger partial charge in [-0.25, -0.2) is 4.68 Å². The second-order valence-electron chi connectivity index (χ2n) is 7.14. The lowest BCUT2D eigenvalue weighted by Gasteiger charge is -2.22. The van der Waals surface area contributed by atoms with Gasteiger partial charge in [-0.2, -0.15) is 23.3 Å². The van der Waals surface area contributed by atoms with Gasteiger partial charge in [-0.1, -0.05) is 17.3 Å². The average molecular weight is 421 g/mol. The molecule has 0 saturated carbocycles. The summed E-state index contributed by atoms with van der Waals surface area (Å²) in [4.78, 5) is 29.2. The minimum Gasteiger partial charge on any atom is -0.340 e. The van der Waals surface area contributed by atoms with Crippen LogP contribution in [0.2, 0.25) is 0 Å². The summed E-state index contributed by atoms with van der Waals surface area (Å²) in [7, 11) is 0. The van der Waals surface area contributed by atoms with Crippen molar-refractivity contribution in [2.24, 2.45) is 0 Å². The van der Waals surface area contributed by atoms with Gasteiger partial charge in [0.05, 0.1) is 16.8 Å². The number of nitrogens with zero attached hydrogens (tertiary/aromatic N) is 4. The van der Waals surface area contributed by atoms with Crippen molar-refractivity contribution in [2.45, 2.75) is 39.4 Å². The first-order valence-electron chi connectivity index (χ1n) is 8.81. The van der Waals surface area contributed by atoms with Gasteiger partial charge in [0.1, 0.15) is 0 Å². The summed E-state index contributed by atoms with van der Waals surface area (Å²) in [6.07, 6.45) is -4.64. The molecule has 11 heteroatoms. The first-order chi connectivity index (χ1) is 13.9. The standard InChI is InChI=1S/C19H18F3N5O3/c1-10-9-14(28)15(16(29)24-18(3,4)17-23-11(2)30-26-17)25-27(10)13-8-6-5-7-12(13)19(20,21)22/h5-9H,1-4H3,(H,24,29). The molecular formula is C19H18F3N5O3. The van der Waals surface area contributed by atoms with Gasteiger partial charge in [0.2, 0.25) is 11.3 Å². The average Bonchev–Trinajstić information content (AvgIpc) is 3.08. The lowest BCUT2D eigenvalue weighted by Crippen LogP contribution is -2.44. The molecule has 2 heterocycles. The summed E-state index contributed by atoms with van der Waals surface area (Å²) in [6.45, 7) is 6.17. The molecule has 8 nitrogen and oxygen atoms in total. The second kappa shape index (κ2) is 7.39. The van der Waals surface area contributed by atoms with Crippen LogP contribution in [0.25, 0.3) is 5.69 Å². The van der Waals surface area contributed by atoms with E-state index in [-0.39, 0.29) is 23.1 Å². The largest absolute Gasteiger partial charge is 0.418 e. The highest BCUT2D eigenvalue weighted by atomic mass is 19.4. The van der Waals surface area contributed by atoms with Crippen LogP contribution >= 0.6 is 0 Å². The molecule has 0 unspecified atom stereocenters. The number of benzene rings is 1. The van der Waals surface area contributed by atoms with Gasteiger partial charge in [0.15, 0.2) is 11.5 Å². The molecule has 2 aromatic heterocycles. The molecule has 3 aromatic rings. The van der Waals surface area contributed by atoms with Crippen molar-refractivity contribution < 1.29 is 22.5 Å². The number of aromatic nitrogens is 4. The summed E-state index contributed by atoms with van der Waals surface area (Å²) in [5.74, 6) is -0.430. The van der Waals surface area contributed by atoms with Crippen molar-refractivity contribution in [1.29, 1.82) is 0 Å². The molecule has 0 saturated heterocycles. The van der Waals surface area contributed by atoms with E-state index in [2.05, 4.69) is 20.6 Å². The Morgan fingerprint density at radius 1 is 1.17 bits per heavy atom. The monoisotopic (exact) mass is 421 g/mol. The van der Waals surface area contributed by atoms with Crippen LogP contribution in [0.15, 0.2) is 39.6 Å². The van der Waals surface area contributed by atoms with E-state index in [1.165, 1.54) is 25.1 Å². The van der Waals surface area contributed by atoms with Gasteiger partial charge in [0, 0.05) is 18.7 Å². The Morgan fingerprint density at radius 3 is 2.43 bits per heavy atom. The number of alkyl halides is 3. The fraction of sp³-hybridized carbons (Fsp3) is 0.316. The van der Waals surface area contributed by atoms with Gasteiger partial charge in [-0.05, 0) is 32.9 Å². The summed E-state index contributed by atoms with van der Waals surface area (Å²) in [5, 5.41) is 10.2. The first-order valence-corrected chi connectivity index (χ1v) is 8.81. The third kappa shape index (κ3) is 4.09. The predicted molar refractivity (Wildman–Crippen MR) is 99.1 cm³/mol. The SMILES string of the molecule is Cc1nc(C(C)(C)NC(=O)c2nn(-c3ccccc3C(F)(F)F)c(C)cc2=O)no1. The Bertz CT molecular complexity index is 1160. The van der Waals surface area contributed by atoms with Gasteiger partial charge in [-0.3, -0.25) is 9.59 Å². The minimum atomic E-state index is -4.64. The van der Waals surface area contributed by atoms with Crippen LogP contribution in [0, 0.1) is 13.8 Å². The Labute approximate surface area is 168 Å². The molecule has 0 fully saturated rings. The molecule has 0 aliphatic carbocycles. The van der Waals surface area contributed by atoms with Crippen molar-refractivity contribution in [3.63, 3.8) is 0 Å². The third-order valence-corrected chi connectivity index (χ3v) is 4.27. The summed E-state index contributed by atoms with van der Waals surface area (Å²) >= 11 is 0. The molecule has 158 valence electrons. The number of carbonyl (C=O) groups excluding carboxylic acids is 1. The highest BCUT2D eigenvalue weighted by molar-refractivity contribution is 5.92. The van der Waals surface area contributed by atoms with Crippen molar-refractivity contribution in [2.75, 3.05) is 0 Å². The number of aryl methyl sites for hydroxylation is 2. The second-order valence-corrected chi connectivity index (χ2v) is 7.14. The molecule has 0 aliphatic rings.